The lowest BCUT2D eigenvalue weighted by Gasteiger charge is -2.26. The Kier molecular flexibility index (Phi) is 7.22. The Balaban J connectivity index is 1.37. The third-order valence-corrected chi connectivity index (χ3v) is 7.61. The van der Waals surface area contributed by atoms with Crippen LogP contribution in [0.3, 0.4) is 0 Å². The van der Waals surface area contributed by atoms with E-state index in [4.69, 9.17) is 4.74 Å². The zero-order valence-electron chi connectivity index (χ0n) is 18.6. The SMILES string of the molecule is Cc1nn(-c2ccccc2)cc1CCCNC(=O)c1ccccc1S(=O)(=O)N1CCOCC1. The fraction of sp³-hybridized carbons (Fsp3) is 0.333. The van der Waals surface area contributed by atoms with Gasteiger partial charge in [-0.25, -0.2) is 13.1 Å². The summed E-state index contributed by atoms with van der Waals surface area (Å²) in [6.07, 6.45) is 3.48. The summed E-state index contributed by atoms with van der Waals surface area (Å²) in [4.78, 5) is 12.9. The maximum Gasteiger partial charge on any atom is 0.252 e. The molecule has 1 fully saturated rings. The number of amides is 1. The molecular formula is C24H28N4O4S. The van der Waals surface area contributed by atoms with Crippen molar-refractivity contribution in [1.82, 2.24) is 19.4 Å². The van der Waals surface area contributed by atoms with Crippen LogP contribution in [0.1, 0.15) is 28.0 Å². The van der Waals surface area contributed by atoms with Crippen molar-refractivity contribution in [2.24, 2.45) is 0 Å². The number of hydrogen-bond donors (Lipinski definition) is 1. The van der Waals surface area contributed by atoms with Crippen LogP contribution in [0.4, 0.5) is 0 Å². The van der Waals surface area contributed by atoms with E-state index >= 15 is 0 Å². The normalized spacial score (nSPS) is 14.8. The van der Waals surface area contributed by atoms with Gasteiger partial charge in [-0.15, -0.1) is 0 Å². The second-order valence-electron chi connectivity index (χ2n) is 7.89. The van der Waals surface area contributed by atoms with E-state index in [0.717, 1.165) is 23.4 Å². The lowest BCUT2D eigenvalue weighted by atomic mass is 10.1. The second kappa shape index (κ2) is 10.3. The van der Waals surface area contributed by atoms with Crippen LogP contribution in [-0.2, 0) is 21.2 Å². The molecule has 1 aliphatic rings. The Labute approximate surface area is 194 Å². The molecular weight excluding hydrogens is 440 g/mol. The van der Waals surface area contributed by atoms with Gasteiger partial charge in [-0.05, 0) is 49.6 Å². The molecule has 1 aliphatic heterocycles. The third-order valence-electron chi connectivity index (χ3n) is 5.65. The molecule has 0 unspecified atom stereocenters. The summed E-state index contributed by atoms with van der Waals surface area (Å²) in [6, 6.07) is 16.3. The average Bonchev–Trinajstić information content (AvgIpc) is 3.23. The summed E-state index contributed by atoms with van der Waals surface area (Å²) < 4.78 is 34.6. The molecule has 33 heavy (non-hydrogen) atoms. The van der Waals surface area contributed by atoms with E-state index in [1.807, 2.05) is 48.1 Å². The van der Waals surface area contributed by atoms with Gasteiger partial charge in [0.25, 0.3) is 5.91 Å². The van der Waals surface area contributed by atoms with Gasteiger partial charge in [0, 0.05) is 25.8 Å². The Bertz CT molecular complexity index is 1200. The minimum atomic E-state index is -3.76. The Hall–Kier alpha value is -3.01. The van der Waals surface area contributed by atoms with Crippen molar-refractivity contribution in [3.63, 3.8) is 0 Å². The van der Waals surface area contributed by atoms with Crippen LogP contribution in [0.25, 0.3) is 5.69 Å². The Morgan fingerprint density at radius 2 is 1.76 bits per heavy atom. The van der Waals surface area contributed by atoms with E-state index < -0.39 is 10.0 Å². The number of para-hydroxylation sites is 1. The molecule has 0 bridgehead atoms. The van der Waals surface area contributed by atoms with E-state index in [9.17, 15) is 13.2 Å². The lowest BCUT2D eigenvalue weighted by Crippen LogP contribution is -2.41. The van der Waals surface area contributed by atoms with Gasteiger partial charge in [-0.1, -0.05) is 30.3 Å². The number of benzene rings is 2. The smallest absolute Gasteiger partial charge is 0.252 e. The first-order valence-electron chi connectivity index (χ1n) is 11.0. The maximum absolute atomic E-state index is 13.1. The monoisotopic (exact) mass is 468 g/mol. The second-order valence-corrected chi connectivity index (χ2v) is 9.80. The molecule has 1 saturated heterocycles. The maximum atomic E-state index is 13.1. The Morgan fingerprint density at radius 1 is 1.06 bits per heavy atom. The summed E-state index contributed by atoms with van der Waals surface area (Å²) >= 11 is 0. The average molecular weight is 469 g/mol. The molecule has 1 N–H and O–H groups in total. The van der Waals surface area contributed by atoms with Gasteiger partial charge in [-0.2, -0.15) is 9.40 Å². The number of aryl methyl sites for hydroxylation is 2. The number of hydrogen-bond acceptors (Lipinski definition) is 5. The van der Waals surface area contributed by atoms with E-state index in [-0.39, 0.29) is 29.5 Å². The largest absolute Gasteiger partial charge is 0.379 e. The number of rotatable bonds is 8. The minimum absolute atomic E-state index is 0.0318. The van der Waals surface area contributed by atoms with Crippen LogP contribution in [0, 0.1) is 6.92 Å². The van der Waals surface area contributed by atoms with E-state index in [2.05, 4.69) is 10.4 Å². The van der Waals surface area contributed by atoms with E-state index in [1.54, 1.807) is 18.2 Å². The molecule has 0 radical (unpaired) electrons. The van der Waals surface area contributed by atoms with Crippen molar-refractivity contribution < 1.29 is 17.9 Å². The van der Waals surface area contributed by atoms with Crippen LogP contribution in [0.5, 0.6) is 0 Å². The molecule has 4 rings (SSSR count). The highest BCUT2D eigenvalue weighted by Crippen LogP contribution is 2.21. The van der Waals surface area contributed by atoms with Crippen molar-refractivity contribution in [2.45, 2.75) is 24.7 Å². The van der Waals surface area contributed by atoms with Gasteiger partial charge in [0.05, 0.1) is 35.1 Å². The molecule has 8 nitrogen and oxygen atoms in total. The molecule has 174 valence electrons. The molecule has 1 aromatic heterocycles. The fourth-order valence-corrected chi connectivity index (χ4v) is 5.43. The molecule has 3 aromatic rings. The quantitative estimate of drug-likeness (QED) is 0.513. The zero-order chi connectivity index (χ0) is 23.3. The molecule has 2 aromatic carbocycles. The summed E-state index contributed by atoms with van der Waals surface area (Å²) in [7, 11) is -3.76. The number of sulfonamides is 1. The van der Waals surface area contributed by atoms with Gasteiger partial charge in [0.15, 0.2) is 0 Å². The number of ether oxygens (including phenoxy) is 1. The number of carbonyl (C=O) groups is 1. The highest BCUT2D eigenvalue weighted by Gasteiger charge is 2.29. The number of nitrogens with zero attached hydrogens (tertiary/aromatic N) is 3. The van der Waals surface area contributed by atoms with Gasteiger partial charge < -0.3 is 10.1 Å². The zero-order valence-corrected chi connectivity index (χ0v) is 19.4. The molecule has 0 saturated carbocycles. The fourth-order valence-electron chi connectivity index (χ4n) is 3.84. The van der Waals surface area contributed by atoms with Gasteiger partial charge >= 0.3 is 0 Å². The molecule has 0 atom stereocenters. The molecule has 2 heterocycles. The van der Waals surface area contributed by atoms with Crippen LogP contribution in [0.15, 0.2) is 65.7 Å². The summed E-state index contributed by atoms with van der Waals surface area (Å²) in [6.45, 7) is 3.69. The summed E-state index contributed by atoms with van der Waals surface area (Å²) in [5, 5.41) is 7.44. The van der Waals surface area contributed by atoms with E-state index in [0.29, 0.717) is 26.2 Å². The number of nitrogens with one attached hydrogen (secondary N) is 1. The predicted molar refractivity (Wildman–Crippen MR) is 125 cm³/mol. The molecule has 9 heteroatoms. The minimum Gasteiger partial charge on any atom is -0.379 e. The third kappa shape index (κ3) is 5.32. The van der Waals surface area contributed by atoms with Crippen molar-refractivity contribution in [3.05, 3.63) is 77.6 Å². The van der Waals surface area contributed by atoms with Crippen molar-refractivity contribution in [2.75, 3.05) is 32.8 Å². The number of carbonyl (C=O) groups excluding carboxylic acids is 1. The molecule has 0 spiro atoms. The van der Waals surface area contributed by atoms with Crippen LogP contribution >= 0.6 is 0 Å². The van der Waals surface area contributed by atoms with Crippen LogP contribution < -0.4 is 5.32 Å². The number of morpholine rings is 1. The Morgan fingerprint density at radius 3 is 2.52 bits per heavy atom. The molecule has 0 aliphatic carbocycles. The standard InChI is InChI=1S/C24H28N4O4S/c1-19-20(18-28(26-19)21-9-3-2-4-10-21)8-7-13-25-24(29)22-11-5-6-12-23(22)33(30,31)27-14-16-32-17-15-27/h2-6,9-12,18H,7-8,13-17H2,1H3,(H,25,29). The predicted octanol–water partition coefficient (Wildman–Crippen LogP) is 2.56. The van der Waals surface area contributed by atoms with Crippen molar-refractivity contribution in [3.8, 4) is 5.69 Å². The highest BCUT2D eigenvalue weighted by molar-refractivity contribution is 7.89. The van der Waals surface area contributed by atoms with Gasteiger partial charge in [0.1, 0.15) is 0 Å². The first kappa shape index (κ1) is 23.2. The summed E-state index contributed by atoms with van der Waals surface area (Å²) in [5.74, 6) is -0.390. The van der Waals surface area contributed by atoms with Gasteiger partial charge in [0.2, 0.25) is 10.0 Å². The van der Waals surface area contributed by atoms with Crippen molar-refractivity contribution >= 4 is 15.9 Å². The van der Waals surface area contributed by atoms with E-state index in [1.165, 1.54) is 10.4 Å². The first-order valence-corrected chi connectivity index (χ1v) is 12.5. The lowest BCUT2D eigenvalue weighted by molar-refractivity contribution is 0.0730. The summed E-state index contributed by atoms with van der Waals surface area (Å²) in [5.41, 5.74) is 3.23. The van der Waals surface area contributed by atoms with Crippen LogP contribution in [0.2, 0.25) is 0 Å². The first-order chi connectivity index (χ1) is 16.0. The molecule has 1 amide bonds. The number of aromatic nitrogens is 2. The van der Waals surface area contributed by atoms with Gasteiger partial charge in [-0.3, -0.25) is 4.79 Å². The van der Waals surface area contributed by atoms with Crippen LogP contribution in [-0.4, -0.2) is 61.3 Å². The topological polar surface area (TPSA) is 93.5 Å². The highest BCUT2D eigenvalue weighted by atomic mass is 32.2. The van der Waals surface area contributed by atoms with Crippen molar-refractivity contribution in [1.29, 1.82) is 0 Å².